The van der Waals surface area contributed by atoms with Crippen LogP contribution in [0.2, 0.25) is 0 Å². The van der Waals surface area contributed by atoms with Crippen molar-refractivity contribution in [2.45, 2.75) is 26.5 Å². The first-order valence-corrected chi connectivity index (χ1v) is 5.58. The van der Waals surface area contributed by atoms with Gasteiger partial charge in [0.2, 0.25) is 0 Å². The molecule has 0 aliphatic carbocycles. The van der Waals surface area contributed by atoms with Gasteiger partial charge in [0.05, 0.1) is 13.2 Å². The van der Waals surface area contributed by atoms with Crippen molar-refractivity contribution in [2.24, 2.45) is 0 Å². The first-order valence-electron chi connectivity index (χ1n) is 5.58. The van der Waals surface area contributed by atoms with Gasteiger partial charge in [0, 0.05) is 23.1 Å². The van der Waals surface area contributed by atoms with Crippen LogP contribution in [-0.2, 0) is 24.3 Å². The number of nitrogens with zero attached hydrogens (tertiary/aromatic N) is 1. The van der Waals surface area contributed by atoms with E-state index in [0.29, 0.717) is 0 Å². The SMILES string of the molecule is CCn1c2c(c3ccccc31)CCOC2. The molecule has 2 aromatic rings. The van der Waals surface area contributed by atoms with Crippen LogP contribution in [0.1, 0.15) is 18.2 Å². The highest BCUT2D eigenvalue weighted by atomic mass is 16.5. The van der Waals surface area contributed by atoms with Crippen LogP contribution in [0.4, 0.5) is 0 Å². The predicted molar refractivity (Wildman–Crippen MR) is 61.0 cm³/mol. The molecular weight excluding hydrogens is 186 g/mol. The van der Waals surface area contributed by atoms with Crippen molar-refractivity contribution in [3.63, 3.8) is 0 Å². The number of hydrogen-bond acceptors (Lipinski definition) is 1. The van der Waals surface area contributed by atoms with Gasteiger partial charge in [0.25, 0.3) is 0 Å². The van der Waals surface area contributed by atoms with Crippen molar-refractivity contribution in [3.05, 3.63) is 35.5 Å². The Kier molecular flexibility index (Phi) is 2.03. The Bertz CT molecular complexity index is 465. The number of fused-ring (bicyclic) bond motifs is 3. The number of hydrogen-bond donors (Lipinski definition) is 0. The van der Waals surface area contributed by atoms with Gasteiger partial charge in [-0.1, -0.05) is 18.2 Å². The highest BCUT2D eigenvalue weighted by molar-refractivity contribution is 5.85. The normalized spacial score (nSPS) is 15.5. The van der Waals surface area contributed by atoms with E-state index in [-0.39, 0.29) is 0 Å². The number of rotatable bonds is 1. The smallest absolute Gasteiger partial charge is 0.0871 e. The Morgan fingerprint density at radius 2 is 2.20 bits per heavy atom. The molecule has 0 bridgehead atoms. The number of aromatic nitrogens is 1. The third-order valence-electron chi connectivity index (χ3n) is 3.25. The molecule has 0 spiro atoms. The fourth-order valence-electron chi connectivity index (χ4n) is 2.58. The molecule has 0 amide bonds. The summed E-state index contributed by atoms with van der Waals surface area (Å²) in [5.74, 6) is 0. The van der Waals surface area contributed by atoms with Gasteiger partial charge in [-0.3, -0.25) is 0 Å². The zero-order valence-corrected chi connectivity index (χ0v) is 8.99. The second-order valence-electron chi connectivity index (χ2n) is 3.99. The van der Waals surface area contributed by atoms with Gasteiger partial charge < -0.3 is 9.30 Å². The molecule has 3 rings (SSSR count). The van der Waals surface area contributed by atoms with E-state index in [2.05, 4.69) is 35.8 Å². The molecule has 0 radical (unpaired) electrons. The molecule has 2 heterocycles. The van der Waals surface area contributed by atoms with Crippen LogP contribution in [0, 0.1) is 0 Å². The molecule has 0 unspecified atom stereocenters. The minimum Gasteiger partial charge on any atom is -0.375 e. The van der Waals surface area contributed by atoms with Crippen LogP contribution in [0.3, 0.4) is 0 Å². The Morgan fingerprint density at radius 3 is 3.07 bits per heavy atom. The number of benzene rings is 1. The second kappa shape index (κ2) is 3.38. The summed E-state index contributed by atoms with van der Waals surface area (Å²) >= 11 is 0. The average Bonchev–Trinajstić information content (AvgIpc) is 2.63. The van der Waals surface area contributed by atoms with Gasteiger partial charge in [0.1, 0.15) is 0 Å². The maximum atomic E-state index is 5.55. The van der Waals surface area contributed by atoms with E-state index in [1.54, 1.807) is 0 Å². The molecule has 0 atom stereocenters. The Balaban J connectivity index is 2.37. The predicted octanol–water partition coefficient (Wildman–Crippen LogP) is 2.73. The van der Waals surface area contributed by atoms with E-state index >= 15 is 0 Å². The van der Waals surface area contributed by atoms with Crippen LogP contribution in [0.5, 0.6) is 0 Å². The topological polar surface area (TPSA) is 14.2 Å². The van der Waals surface area contributed by atoms with Crippen LogP contribution in [0.15, 0.2) is 24.3 Å². The summed E-state index contributed by atoms with van der Waals surface area (Å²) < 4.78 is 7.93. The molecule has 1 aliphatic rings. The quantitative estimate of drug-likeness (QED) is 0.692. The van der Waals surface area contributed by atoms with Gasteiger partial charge in [-0.15, -0.1) is 0 Å². The molecule has 2 nitrogen and oxygen atoms in total. The standard InChI is InChI=1S/C13H15NO/c1-2-14-12-6-4-3-5-10(12)11-7-8-15-9-13(11)14/h3-6H,2,7-9H2,1H3. The van der Waals surface area contributed by atoms with Crippen molar-refractivity contribution in [2.75, 3.05) is 6.61 Å². The third-order valence-corrected chi connectivity index (χ3v) is 3.25. The Labute approximate surface area is 89.5 Å². The second-order valence-corrected chi connectivity index (χ2v) is 3.99. The number of aryl methyl sites for hydroxylation is 1. The summed E-state index contributed by atoms with van der Waals surface area (Å²) in [6.45, 7) is 4.86. The zero-order chi connectivity index (χ0) is 10.3. The maximum Gasteiger partial charge on any atom is 0.0871 e. The van der Waals surface area contributed by atoms with E-state index in [9.17, 15) is 0 Å². The summed E-state index contributed by atoms with van der Waals surface area (Å²) in [4.78, 5) is 0. The van der Waals surface area contributed by atoms with Crippen molar-refractivity contribution in [1.29, 1.82) is 0 Å². The number of para-hydroxylation sites is 1. The van der Waals surface area contributed by atoms with Crippen molar-refractivity contribution >= 4 is 10.9 Å². The highest BCUT2D eigenvalue weighted by Crippen LogP contribution is 2.29. The molecule has 78 valence electrons. The molecule has 1 aliphatic heterocycles. The molecule has 0 N–H and O–H groups in total. The van der Waals surface area contributed by atoms with E-state index in [0.717, 1.165) is 26.2 Å². The lowest BCUT2D eigenvalue weighted by Crippen LogP contribution is -2.12. The molecule has 0 saturated heterocycles. The first-order chi connectivity index (χ1) is 7.42. The van der Waals surface area contributed by atoms with Crippen LogP contribution in [-0.4, -0.2) is 11.2 Å². The molecule has 0 saturated carbocycles. The van der Waals surface area contributed by atoms with Gasteiger partial charge >= 0.3 is 0 Å². The summed E-state index contributed by atoms with van der Waals surface area (Å²) in [5.41, 5.74) is 4.24. The summed E-state index contributed by atoms with van der Waals surface area (Å²) in [5, 5.41) is 1.41. The van der Waals surface area contributed by atoms with Gasteiger partial charge in [-0.25, -0.2) is 0 Å². The van der Waals surface area contributed by atoms with E-state index < -0.39 is 0 Å². The minimum absolute atomic E-state index is 0.776. The van der Waals surface area contributed by atoms with E-state index in [4.69, 9.17) is 4.74 Å². The molecule has 1 aromatic heterocycles. The van der Waals surface area contributed by atoms with Crippen LogP contribution >= 0.6 is 0 Å². The van der Waals surface area contributed by atoms with Crippen molar-refractivity contribution in [3.8, 4) is 0 Å². The fourth-order valence-corrected chi connectivity index (χ4v) is 2.58. The van der Waals surface area contributed by atoms with Crippen molar-refractivity contribution < 1.29 is 4.74 Å². The summed E-state index contributed by atoms with van der Waals surface area (Å²) in [7, 11) is 0. The summed E-state index contributed by atoms with van der Waals surface area (Å²) in [6.07, 6.45) is 1.06. The molecular formula is C13H15NO. The van der Waals surface area contributed by atoms with Crippen LogP contribution < -0.4 is 0 Å². The van der Waals surface area contributed by atoms with E-state index in [1.807, 2.05) is 0 Å². The Hall–Kier alpha value is -1.28. The first kappa shape index (κ1) is 8.98. The number of ether oxygens (including phenoxy) is 1. The van der Waals surface area contributed by atoms with Gasteiger partial charge in [-0.2, -0.15) is 0 Å². The van der Waals surface area contributed by atoms with Crippen LogP contribution in [0.25, 0.3) is 10.9 Å². The average molecular weight is 201 g/mol. The zero-order valence-electron chi connectivity index (χ0n) is 8.99. The Morgan fingerprint density at radius 1 is 1.33 bits per heavy atom. The van der Waals surface area contributed by atoms with Gasteiger partial charge in [-0.05, 0) is 25.0 Å². The lowest BCUT2D eigenvalue weighted by Gasteiger charge is -2.15. The largest absolute Gasteiger partial charge is 0.375 e. The molecule has 2 heteroatoms. The monoisotopic (exact) mass is 201 g/mol. The minimum atomic E-state index is 0.776. The van der Waals surface area contributed by atoms with Gasteiger partial charge in [0.15, 0.2) is 0 Å². The highest BCUT2D eigenvalue weighted by Gasteiger charge is 2.18. The summed E-state index contributed by atoms with van der Waals surface area (Å²) in [6, 6.07) is 8.67. The van der Waals surface area contributed by atoms with Crippen molar-refractivity contribution in [1.82, 2.24) is 4.57 Å². The third kappa shape index (κ3) is 1.21. The maximum absolute atomic E-state index is 5.55. The van der Waals surface area contributed by atoms with E-state index in [1.165, 1.54) is 22.2 Å². The molecule has 1 aromatic carbocycles. The molecule has 15 heavy (non-hydrogen) atoms. The fraction of sp³-hybridized carbons (Fsp3) is 0.385. The lowest BCUT2D eigenvalue weighted by atomic mass is 10.1. The lowest BCUT2D eigenvalue weighted by molar-refractivity contribution is 0.106. The molecule has 0 fully saturated rings.